The maximum atomic E-state index is 13.6. The van der Waals surface area contributed by atoms with Crippen LogP contribution in [0.4, 0.5) is 17.6 Å². The Hall–Kier alpha value is -1.78. The predicted molar refractivity (Wildman–Crippen MR) is 73.2 cm³/mol. The number of aryl methyl sites for hydroxylation is 1. The van der Waals surface area contributed by atoms with E-state index in [0.717, 1.165) is 24.3 Å². The van der Waals surface area contributed by atoms with Gasteiger partial charge in [-0.15, -0.1) is 0 Å². The number of hydrogen-bond acceptors (Lipinski definition) is 0. The summed E-state index contributed by atoms with van der Waals surface area (Å²) >= 11 is 0. The summed E-state index contributed by atoms with van der Waals surface area (Å²) in [5, 5.41) is 0. The van der Waals surface area contributed by atoms with Crippen molar-refractivity contribution in [2.75, 3.05) is 0 Å². The molecule has 0 atom stereocenters. The van der Waals surface area contributed by atoms with E-state index in [-0.39, 0.29) is 5.56 Å². The van der Waals surface area contributed by atoms with Crippen LogP contribution in [0.15, 0.2) is 24.3 Å². The molecule has 0 aromatic heterocycles. The first-order valence-electron chi connectivity index (χ1n) is 6.10. The normalized spacial score (nSPS) is 9.95. The quantitative estimate of drug-likeness (QED) is 0.546. The van der Waals surface area contributed by atoms with Gasteiger partial charge in [-0.3, -0.25) is 0 Å². The summed E-state index contributed by atoms with van der Waals surface area (Å²) in [6, 6.07) is 3.78. The molecule has 2 radical (unpaired) electrons. The largest absolute Gasteiger partial charge is 0.208 e. The van der Waals surface area contributed by atoms with Crippen LogP contribution in [-0.4, -0.2) is 7.85 Å². The second-order valence-electron chi connectivity index (χ2n) is 3.96. The smallest absolute Gasteiger partial charge is 0.134 e. The van der Waals surface area contributed by atoms with Crippen LogP contribution in [0, 0.1) is 30.2 Å². The zero-order chi connectivity index (χ0) is 15.4. The average molecular weight is 280 g/mol. The Morgan fingerprint density at radius 2 is 1.15 bits per heavy atom. The third-order valence-corrected chi connectivity index (χ3v) is 2.55. The standard InChI is InChI=1S/C13H7BF4.C2H6/c1-6-2-8(15)12(9(16)3-6)7-4-10(17)13(14)11(18)5-7;1-2/h2-5H,1H3;1-2H3. The minimum Gasteiger partial charge on any atom is -0.208 e. The summed E-state index contributed by atoms with van der Waals surface area (Å²) in [7, 11) is 5.09. The topological polar surface area (TPSA) is 0 Å². The van der Waals surface area contributed by atoms with Gasteiger partial charge in [-0.25, -0.2) is 17.6 Å². The molecular formula is C15H13BF4. The Balaban J connectivity index is 0.000000956. The summed E-state index contributed by atoms with van der Waals surface area (Å²) in [6.07, 6.45) is 0. The lowest BCUT2D eigenvalue weighted by molar-refractivity contribution is 0.583. The highest BCUT2D eigenvalue weighted by Gasteiger charge is 2.15. The first-order chi connectivity index (χ1) is 9.40. The maximum Gasteiger partial charge on any atom is 0.134 e. The van der Waals surface area contributed by atoms with Gasteiger partial charge in [0.1, 0.15) is 31.1 Å². The number of rotatable bonds is 1. The van der Waals surface area contributed by atoms with E-state index >= 15 is 0 Å². The number of halogens is 4. The van der Waals surface area contributed by atoms with Gasteiger partial charge in [0.2, 0.25) is 0 Å². The zero-order valence-corrected chi connectivity index (χ0v) is 11.4. The molecule has 0 saturated carbocycles. The summed E-state index contributed by atoms with van der Waals surface area (Å²) in [4.78, 5) is 0. The molecule has 0 aliphatic carbocycles. The van der Waals surface area contributed by atoms with E-state index in [4.69, 9.17) is 7.85 Å². The molecule has 5 heteroatoms. The third-order valence-electron chi connectivity index (χ3n) is 2.55. The first-order valence-corrected chi connectivity index (χ1v) is 6.10. The molecule has 0 unspecified atom stereocenters. The first kappa shape index (κ1) is 16.3. The molecule has 0 bridgehead atoms. The molecule has 0 saturated heterocycles. The molecule has 0 aliphatic heterocycles. The van der Waals surface area contributed by atoms with E-state index in [9.17, 15) is 17.6 Å². The molecule has 2 aromatic carbocycles. The molecule has 20 heavy (non-hydrogen) atoms. The molecule has 0 amide bonds. The molecule has 2 aromatic rings. The highest BCUT2D eigenvalue weighted by Crippen LogP contribution is 2.27. The predicted octanol–water partition coefficient (Wildman–Crippen LogP) is 4.04. The molecule has 0 spiro atoms. The fraction of sp³-hybridized carbons (Fsp3) is 0.200. The molecule has 0 fully saturated rings. The van der Waals surface area contributed by atoms with Crippen LogP contribution in [-0.2, 0) is 0 Å². The van der Waals surface area contributed by atoms with Gasteiger partial charge in [0, 0.05) is 0 Å². The van der Waals surface area contributed by atoms with Crippen molar-refractivity contribution in [2.24, 2.45) is 0 Å². The van der Waals surface area contributed by atoms with Crippen molar-refractivity contribution in [2.45, 2.75) is 20.8 Å². The van der Waals surface area contributed by atoms with Gasteiger partial charge >= 0.3 is 0 Å². The van der Waals surface area contributed by atoms with Gasteiger partial charge in [-0.1, -0.05) is 13.8 Å². The Kier molecular flexibility index (Phi) is 5.37. The van der Waals surface area contributed by atoms with Crippen molar-refractivity contribution < 1.29 is 17.6 Å². The minimum atomic E-state index is -1.05. The summed E-state index contributed by atoms with van der Waals surface area (Å²) < 4.78 is 53.8. The van der Waals surface area contributed by atoms with Crippen molar-refractivity contribution >= 4 is 13.3 Å². The van der Waals surface area contributed by atoms with Crippen LogP contribution in [0.25, 0.3) is 11.1 Å². The maximum absolute atomic E-state index is 13.6. The molecule has 0 heterocycles. The van der Waals surface area contributed by atoms with Crippen LogP contribution >= 0.6 is 0 Å². The highest BCUT2D eigenvalue weighted by atomic mass is 19.1. The second kappa shape index (κ2) is 6.59. The second-order valence-corrected chi connectivity index (χ2v) is 3.96. The lowest BCUT2D eigenvalue weighted by Gasteiger charge is -2.08. The van der Waals surface area contributed by atoms with E-state index in [2.05, 4.69) is 0 Å². The van der Waals surface area contributed by atoms with Crippen LogP contribution in [0.1, 0.15) is 19.4 Å². The lowest BCUT2D eigenvalue weighted by Crippen LogP contribution is -2.14. The van der Waals surface area contributed by atoms with E-state index in [1.807, 2.05) is 13.8 Å². The summed E-state index contributed by atoms with van der Waals surface area (Å²) in [5.41, 5.74) is -0.996. The third kappa shape index (κ3) is 3.21. The van der Waals surface area contributed by atoms with Gasteiger partial charge in [0.15, 0.2) is 0 Å². The van der Waals surface area contributed by atoms with E-state index in [1.54, 1.807) is 0 Å². The van der Waals surface area contributed by atoms with Crippen LogP contribution < -0.4 is 5.46 Å². The minimum absolute atomic E-state index is 0.228. The summed E-state index contributed by atoms with van der Waals surface area (Å²) in [5.74, 6) is -3.86. The van der Waals surface area contributed by atoms with E-state index in [1.165, 1.54) is 6.92 Å². The number of hydrogen-bond donors (Lipinski definition) is 0. The molecule has 0 aliphatic rings. The average Bonchev–Trinajstić information content (AvgIpc) is 2.37. The molecule has 104 valence electrons. The van der Waals surface area contributed by atoms with Gasteiger partial charge in [-0.05, 0) is 47.8 Å². The monoisotopic (exact) mass is 280 g/mol. The van der Waals surface area contributed by atoms with E-state index < -0.39 is 34.3 Å². The van der Waals surface area contributed by atoms with Gasteiger partial charge in [0.25, 0.3) is 0 Å². The van der Waals surface area contributed by atoms with Crippen molar-refractivity contribution in [1.29, 1.82) is 0 Å². The summed E-state index contributed by atoms with van der Waals surface area (Å²) in [6.45, 7) is 5.51. The Labute approximate surface area is 116 Å². The highest BCUT2D eigenvalue weighted by molar-refractivity contribution is 6.32. The van der Waals surface area contributed by atoms with Gasteiger partial charge in [0.05, 0.1) is 5.56 Å². The Morgan fingerprint density at radius 3 is 1.55 bits per heavy atom. The van der Waals surface area contributed by atoms with Crippen molar-refractivity contribution in [3.8, 4) is 11.1 Å². The van der Waals surface area contributed by atoms with Crippen LogP contribution in [0.5, 0.6) is 0 Å². The van der Waals surface area contributed by atoms with E-state index in [0.29, 0.717) is 5.56 Å². The van der Waals surface area contributed by atoms with Crippen LogP contribution in [0.2, 0.25) is 0 Å². The Bertz CT molecular complexity index is 577. The van der Waals surface area contributed by atoms with Crippen molar-refractivity contribution in [3.63, 3.8) is 0 Å². The molecule has 0 nitrogen and oxygen atoms in total. The fourth-order valence-corrected chi connectivity index (χ4v) is 1.70. The number of benzene rings is 2. The van der Waals surface area contributed by atoms with Crippen molar-refractivity contribution in [1.82, 2.24) is 0 Å². The Morgan fingerprint density at radius 1 is 0.750 bits per heavy atom. The van der Waals surface area contributed by atoms with Crippen LogP contribution in [0.3, 0.4) is 0 Å². The van der Waals surface area contributed by atoms with Gasteiger partial charge in [-0.2, -0.15) is 0 Å². The lowest BCUT2D eigenvalue weighted by atomic mass is 9.91. The fourth-order valence-electron chi connectivity index (χ4n) is 1.70. The van der Waals surface area contributed by atoms with Crippen molar-refractivity contribution in [3.05, 3.63) is 53.1 Å². The molecule has 0 N–H and O–H groups in total. The molecular weight excluding hydrogens is 267 g/mol. The SMILES string of the molecule is CC.[B]c1c(F)cc(-c2c(F)cc(C)cc2F)cc1F. The molecule has 2 rings (SSSR count). The van der Waals surface area contributed by atoms with Gasteiger partial charge < -0.3 is 0 Å². The zero-order valence-electron chi connectivity index (χ0n) is 11.4.